The summed E-state index contributed by atoms with van der Waals surface area (Å²) in [6.07, 6.45) is 0. The minimum absolute atomic E-state index is 0.0460. The molecule has 1 aliphatic rings. The molecule has 0 unspecified atom stereocenters. The third-order valence-corrected chi connectivity index (χ3v) is 5.89. The smallest absolute Gasteiger partial charge is 0.300 e. The fourth-order valence-corrected chi connectivity index (χ4v) is 4.07. The number of ketones is 1. The molecule has 34 heavy (non-hydrogen) atoms. The zero-order valence-electron chi connectivity index (χ0n) is 18.7. The Labute approximate surface area is 201 Å². The lowest BCUT2D eigenvalue weighted by Gasteiger charge is -2.26. The van der Waals surface area contributed by atoms with Crippen LogP contribution in [-0.2, 0) is 9.59 Å². The van der Waals surface area contributed by atoms with Gasteiger partial charge in [0.15, 0.2) is 11.5 Å². The van der Waals surface area contributed by atoms with Gasteiger partial charge in [-0.05, 0) is 66.2 Å². The molecule has 0 saturated carbocycles. The van der Waals surface area contributed by atoms with Gasteiger partial charge in [-0.1, -0.05) is 17.7 Å². The van der Waals surface area contributed by atoms with Crippen LogP contribution < -0.4 is 19.1 Å². The summed E-state index contributed by atoms with van der Waals surface area (Å²) in [5.41, 5.74) is 1.35. The van der Waals surface area contributed by atoms with E-state index in [9.17, 15) is 14.7 Å². The number of hydrogen-bond acceptors (Lipinski definition) is 6. The number of nitrogens with zero attached hydrogens (tertiary/aromatic N) is 1. The molecule has 3 aromatic rings. The number of aliphatic hydroxyl groups excluding tert-OH is 1. The molecule has 174 valence electrons. The van der Waals surface area contributed by atoms with Crippen molar-refractivity contribution in [2.45, 2.75) is 6.04 Å². The third-order valence-electron chi connectivity index (χ3n) is 5.64. The maximum Gasteiger partial charge on any atom is 0.300 e. The highest BCUT2D eigenvalue weighted by Crippen LogP contribution is 2.44. The summed E-state index contributed by atoms with van der Waals surface area (Å²) in [7, 11) is 4.55. The van der Waals surface area contributed by atoms with Crippen LogP contribution in [0.2, 0.25) is 5.02 Å². The predicted octanol–water partition coefficient (Wildman–Crippen LogP) is 4.99. The van der Waals surface area contributed by atoms with E-state index in [0.717, 1.165) is 0 Å². The van der Waals surface area contributed by atoms with Crippen LogP contribution in [0, 0.1) is 0 Å². The Morgan fingerprint density at radius 2 is 1.50 bits per heavy atom. The standard InChI is InChI=1S/C26H22ClNO6/c1-32-19-11-9-18(10-12-19)28-23(16-6-13-20(33-2)21(14-16)34-3)22(25(30)26(28)31)24(29)15-4-7-17(27)8-5-15/h4-14,23,29H,1-3H3/t23-/m0/s1. The Hall–Kier alpha value is -3.97. The van der Waals surface area contributed by atoms with Crippen molar-refractivity contribution in [3.05, 3.63) is 88.5 Å². The number of anilines is 1. The second-order valence-corrected chi connectivity index (χ2v) is 7.92. The number of benzene rings is 3. The molecule has 0 spiro atoms. The fourth-order valence-electron chi connectivity index (χ4n) is 3.94. The first-order valence-corrected chi connectivity index (χ1v) is 10.7. The van der Waals surface area contributed by atoms with Crippen molar-refractivity contribution >= 4 is 34.7 Å². The van der Waals surface area contributed by atoms with Crippen LogP contribution in [0.1, 0.15) is 17.2 Å². The number of amides is 1. The summed E-state index contributed by atoms with van der Waals surface area (Å²) in [5, 5.41) is 11.6. The monoisotopic (exact) mass is 479 g/mol. The lowest BCUT2D eigenvalue weighted by molar-refractivity contribution is -0.132. The van der Waals surface area contributed by atoms with Gasteiger partial charge < -0.3 is 19.3 Å². The summed E-state index contributed by atoms with van der Waals surface area (Å²) in [6, 6.07) is 17.3. The molecule has 1 N–H and O–H groups in total. The molecule has 0 radical (unpaired) electrons. The molecular weight excluding hydrogens is 458 g/mol. The van der Waals surface area contributed by atoms with Crippen molar-refractivity contribution in [3.8, 4) is 17.2 Å². The van der Waals surface area contributed by atoms with Crippen LogP contribution in [0.3, 0.4) is 0 Å². The van der Waals surface area contributed by atoms with E-state index < -0.39 is 17.7 Å². The Morgan fingerprint density at radius 3 is 2.09 bits per heavy atom. The molecule has 8 heteroatoms. The number of carbonyl (C=O) groups excluding carboxylic acids is 2. The van der Waals surface area contributed by atoms with E-state index >= 15 is 0 Å². The van der Waals surface area contributed by atoms with Crippen molar-refractivity contribution in [1.82, 2.24) is 0 Å². The van der Waals surface area contributed by atoms with Gasteiger partial charge in [-0.25, -0.2) is 0 Å². The molecule has 1 fully saturated rings. The average Bonchev–Trinajstić information content (AvgIpc) is 3.13. The number of carbonyl (C=O) groups is 2. The number of hydrogen-bond donors (Lipinski definition) is 1. The van der Waals surface area contributed by atoms with Crippen LogP contribution in [0.25, 0.3) is 5.76 Å². The molecule has 0 aliphatic carbocycles. The van der Waals surface area contributed by atoms with Crippen LogP contribution in [-0.4, -0.2) is 38.1 Å². The Kier molecular flexibility index (Phi) is 6.47. The first-order chi connectivity index (χ1) is 16.4. The molecule has 1 atom stereocenters. The van der Waals surface area contributed by atoms with Crippen molar-refractivity contribution in [2.24, 2.45) is 0 Å². The highest BCUT2D eigenvalue weighted by molar-refractivity contribution is 6.51. The van der Waals surface area contributed by atoms with Crippen molar-refractivity contribution in [1.29, 1.82) is 0 Å². The summed E-state index contributed by atoms with van der Waals surface area (Å²) in [6.45, 7) is 0. The number of aliphatic hydroxyl groups is 1. The Bertz CT molecular complexity index is 1270. The highest BCUT2D eigenvalue weighted by atomic mass is 35.5. The van der Waals surface area contributed by atoms with Gasteiger partial charge in [0.1, 0.15) is 11.5 Å². The fraction of sp³-hybridized carbons (Fsp3) is 0.154. The molecule has 1 heterocycles. The van der Waals surface area contributed by atoms with E-state index in [2.05, 4.69) is 0 Å². The SMILES string of the molecule is COc1ccc(N2C(=O)C(=O)C(=C(O)c3ccc(Cl)cc3)[C@@H]2c2ccc(OC)c(OC)c2)cc1. The van der Waals surface area contributed by atoms with E-state index in [1.54, 1.807) is 66.7 Å². The van der Waals surface area contributed by atoms with Gasteiger partial charge in [0, 0.05) is 16.3 Å². The minimum Gasteiger partial charge on any atom is -0.507 e. The van der Waals surface area contributed by atoms with Gasteiger partial charge in [0.05, 0.1) is 32.9 Å². The predicted molar refractivity (Wildman–Crippen MR) is 129 cm³/mol. The van der Waals surface area contributed by atoms with Gasteiger partial charge in [-0.15, -0.1) is 0 Å². The molecular formula is C26H22ClNO6. The molecule has 3 aromatic carbocycles. The quantitative estimate of drug-likeness (QED) is 0.304. The zero-order chi connectivity index (χ0) is 24.4. The first-order valence-electron chi connectivity index (χ1n) is 10.3. The number of Topliss-reactive ketones (excluding diaryl/α,β-unsaturated/α-hetero) is 1. The van der Waals surface area contributed by atoms with Crippen LogP contribution in [0.15, 0.2) is 72.3 Å². The summed E-state index contributed by atoms with van der Waals surface area (Å²) in [4.78, 5) is 27.8. The van der Waals surface area contributed by atoms with Crippen molar-refractivity contribution < 1.29 is 28.9 Å². The van der Waals surface area contributed by atoms with E-state index in [-0.39, 0.29) is 11.3 Å². The lowest BCUT2D eigenvalue weighted by atomic mass is 9.94. The normalized spacial score (nSPS) is 17.1. The summed E-state index contributed by atoms with van der Waals surface area (Å²) < 4.78 is 16.0. The van der Waals surface area contributed by atoms with Crippen LogP contribution in [0.4, 0.5) is 5.69 Å². The number of methoxy groups -OCH3 is 3. The topological polar surface area (TPSA) is 85.3 Å². The number of ether oxygens (including phenoxy) is 3. The Morgan fingerprint density at radius 1 is 0.853 bits per heavy atom. The molecule has 1 amide bonds. The van der Waals surface area contributed by atoms with Gasteiger partial charge in [0.2, 0.25) is 0 Å². The third kappa shape index (κ3) is 4.06. The zero-order valence-corrected chi connectivity index (χ0v) is 19.5. The average molecular weight is 480 g/mol. The van der Waals surface area contributed by atoms with Gasteiger partial charge in [-0.3, -0.25) is 14.5 Å². The maximum atomic E-state index is 13.2. The molecule has 0 aromatic heterocycles. The Balaban J connectivity index is 1.94. The maximum absolute atomic E-state index is 13.2. The second kappa shape index (κ2) is 9.49. The van der Waals surface area contributed by atoms with Gasteiger partial charge in [-0.2, -0.15) is 0 Å². The highest BCUT2D eigenvalue weighted by Gasteiger charge is 2.47. The van der Waals surface area contributed by atoms with Gasteiger partial charge in [0.25, 0.3) is 11.7 Å². The molecule has 7 nitrogen and oxygen atoms in total. The summed E-state index contributed by atoms with van der Waals surface area (Å²) >= 11 is 5.98. The van der Waals surface area contributed by atoms with E-state index in [0.29, 0.717) is 39.1 Å². The number of halogens is 1. The first kappa shape index (κ1) is 23.2. The summed E-state index contributed by atoms with van der Waals surface area (Å²) in [5.74, 6) is -0.351. The van der Waals surface area contributed by atoms with E-state index in [4.69, 9.17) is 25.8 Å². The van der Waals surface area contributed by atoms with Crippen LogP contribution >= 0.6 is 11.6 Å². The molecule has 0 bridgehead atoms. The molecule has 1 saturated heterocycles. The number of rotatable bonds is 6. The second-order valence-electron chi connectivity index (χ2n) is 7.49. The van der Waals surface area contributed by atoms with Crippen LogP contribution in [0.5, 0.6) is 17.2 Å². The molecule has 1 aliphatic heterocycles. The minimum atomic E-state index is -0.913. The van der Waals surface area contributed by atoms with Crippen molar-refractivity contribution in [2.75, 3.05) is 26.2 Å². The van der Waals surface area contributed by atoms with Crippen molar-refractivity contribution in [3.63, 3.8) is 0 Å². The van der Waals surface area contributed by atoms with Gasteiger partial charge >= 0.3 is 0 Å². The molecule has 4 rings (SSSR count). The van der Waals surface area contributed by atoms with E-state index in [1.165, 1.54) is 26.2 Å². The largest absolute Gasteiger partial charge is 0.507 e. The van der Waals surface area contributed by atoms with E-state index in [1.807, 2.05) is 0 Å². The lowest BCUT2D eigenvalue weighted by Crippen LogP contribution is -2.29.